The molecule has 0 radical (unpaired) electrons. The number of imidazole rings is 1. The van der Waals surface area contributed by atoms with Gasteiger partial charge < -0.3 is 4.74 Å². The molecule has 0 amide bonds. The Kier molecular flexibility index (Phi) is 8.38. The summed E-state index contributed by atoms with van der Waals surface area (Å²) in [6.45, 7) is 4.19. The Labute approximate surface area is 249 Å². The Bertz CT molecular complexity index is 1640. The summed E-state index contributed by atoms with van der Waals surface area (Å²) in [5, 5.41) is 0. The van der Waals surface area contributed by atoms with E-state index in [0.717, 1.165) is 44.9 Å². The molecule has 0 fully saturated rings. The topological polar surface area (TPSA) is 39.9 Å². The van der Waals surface area contributed by atoms with Gasteiger partial charge in [0, 0.05) is 17.7 Å². The average molecular weight is 701 g/mol. The standard InChI is InChI=1S/C35H27N3O.Pt/c1-25-14-12-15-26(2)34(25)38-24-31(27-16-6-3-7-17-27)37-35(38)39-32-23-13-22-30(36-32)33(28-18-8-4-9-19-28)29-20-10-5-11-21-29;/h3-16,18-20,22-24,33H,1-2H3;/q-2;+2. The van der Waals surface area contributed by atoms with Crippen molar-refractivity contribution in [2.24, 2.45) is 0 Å². The van der Waals surface area contributed by atoms with Crippen molar-refractivity contribution in [3.63, 3.8) is 0 Å². The number of rotatable bonds is 7. The summed E-state index contributed by atoms with van der Waals surface area (Å²) in [5.41, 5.74) is 8.05. The Morgan fingerprint density at radius 2 is 1.40 bits per heavy atom. The number of aryl methyl sites for hydroxylation is 2. The van der Waals surface area contributed by atoms with E-state index in [1.54, 1.807) is 0 Å². The number of ether oxygens (including phenoxy) is 1. The van der Waals surface area contributed by atoms with Gasteiger partial charge in [0.15, 0.2) is 0 Å². The molecular formula is C35H27N3OPt. The molecule has 2 heterocycles. The SMILES string of the molecule is Cc1cccc(C)c1-n1cc(-c2[c-]cccc2)nc1Oc1cccc(C(c2[c-]cccc2)c2ccccc2)n1.[Pt+2]. The molecule has 6 aromatic rings. The summed E-state index contributed by atoms with van der Waals surface area (Å²) in [5.74, 6) is 0.398. The molecule has 6 rings (SSSR count). The zero-order valence-electron chi connectivity index (χ0n) is 22.2. The Balaban J connectivity index is 0.00000323. The molecule has 4 aromatic carbocycles. The third kappa shape index (κ3) is 5.68. The van der Waals surface area contributed by atoms with Gasteiger partial charge in [-0.15, -0.1) is 41.5 Å². The van der Waals surface area contributed by atoms with E-state index in [2.05, 4.69) is 74.5 Å². The second-order valence-corrected chi connectivity index (χ2v) is 9.46. The zero-order chi connectivity index (χ0) is 26.6. The molecule has 0 spiro atoms. The van der Waals surface area contributed by atoms with Crippen LogP contribution in [0.15, 0.2) is 121 Å². The third-order valence-corrected chi connectivity index (χ3v) is 6.75. The first-order chi connectivity index (χ1) is 19.2. The van der Waals surface area contributed by atoms with Crippen molar-refractivity contribution >= 4 is 0 Å². The number of nitrogens with zero attached hydrogens (tertiary/aromatic N) is 3. The van der Waals surface area contributed by atoms with Crippen molar-refractivity contribution in [1.82, 2.24) is 14.5 Å². The molecule has 198 valence electrons. The predicted molar refractivity (Wildman–Crippen MR) is 154 cm³/mol. The van der Waals surface area contributed by atoms with Crippen molar-refractivity contribution in [2.75, 3.05) is 0 Å². The smallest absolute Gasteiger partial charge is 0.407 e. The van der Waals surface area contributed by atoms with Gasteiger partial charge in [0.05, 0.1) is 11.4 Å². The number of hydrogen-bond acceptors (Lipinski definition) is 3. The summed E-state index contributed by atoms with van der Waals surface area (Å²) in [4.78, 5) is 9.87. The maximum atomic E-state index is 6.46. The van der Waals surface area contributed by atoms with Crippen molar-refractivity contribution < 1.29 is 25.8 Å². The maximum Gasteiger partial charge on any atom is 2.00 e. The van der Waals surface area contributed by atoms with Gasteiger partial charge in [-0.2, -0.15) is 30.3 Å². The molecule has 5 heteroatoms. The molecule has 4 nitrogen and oxygen atoms in total. The van der Waals surface area contributed by atoms with Crippen LogP contribution in [-0.2, 0) is 21.1 Å². The van der Waals surface area contributed by atoms with Gasteiger partial charge in [0.1, 0.15) is 0 Å². The van der Waals surface area contributed by atoms with E-state index in [9.17, 15) is 0 Å². The monoisotopic (exact) mass is 700 g/mol. The molecule has 40 heavy (non-hydrogen) atoms. The van der Waals surface area contributed by atoms with E-state index in [4.69, 9.17) is 14.7 Å². The average Bonchev–Trinajstić information content (AvgIpc) is 3.38. The normalized spacial score (nSPS) is 11.4. The fourth-order valence-corrected chi connectivity index (χ4v) is 4.95. The molecule has 2 aromatic heterocycles. The first-order valence-electron chi connectivity index (χ1n) is 13.0. The minimum Gasteiger partial charge on any atom is -0.407 e. The van der Waals surface area contributed by atoms with Crippen molar-refractivity contribution in [3.05, 3.63) is 162 Å². The fraction of sp³-hybridized carbons (Fsp3) is 0.0857. The largest absolute Gasteiger partial charge is 2.00 e. The van der Waals surface area contributed by atoms with Gasteiger partial charge in [-0.3, -0.25) is 4.57 Å². The Morgan fingerprint density at radius 3 is 2.10 bits per heavy atom. The van der Waals surface area contributed by atoms with E-state index in [1.807, 2.05) is 77.5 Å². The van der Waals surface area contributed by atoms with Crippen LogP contribution in [0.25, 0.3) is 16.9 Å². The third-order valence-electron chi connectivity index (χ3n) is 6.75. The molecule has 0 saturated heterocycles. The van der Waals surface area contributed by atoms with Gasteiger partial charge in [-0.1, -0.05) is 54.6 Å². The van der Waals surface area contributed by atoms with Crippen molar-refractivity contribution in [1.29, 1.82) is 0 Å². The summed E-state index contributed by atoms with van der Waals surface area (Å²) in [7, 11) is 0. The molecule has 0 bridgehead atoms. The summed E-state index contributed by atoms with van der Waals surface area (Å²) < 4.78 is 8.46. The van der Waals surface area contributed by atoms with Gasteiger partial charge in [-0.05, 0) is 42.8 Å². The second kappa shape index (κ2) is 12.3. The first-order valence-corrected chi connectivity index (χ1v) is 13.0. The number of para-hydroxylation sites is 1. The molecular weight excluding hydrogens is 673 g/mol. The first kappa shape index (κ1) is 27.3. The number of pyridine rings is 1. The molecule has 1 unspecified atom stereocenters. The van der Waals surface area contributed by atoms with Gasteiger partial charge in [-0.25, -0.2) is 9.97 Å². The van der Waals surface area contributed by atoms with E-state index in [0.29, 0.717) is 11.9 Å². The Hall–Kier alpha value is -4.27. The Morgan fingerprint density at radius 1 is 0.700 bits per heavy atom. The van der Waals surface area contributed by atoms with E-state index in [1.165, 1.54) is 0 Å². The van der Waals surface area contributed by atoms with Crippen LogP contribution in [0.5, 0.6) is 11.9 Å². The van der Waals surface area contributed by atoms with Gasteiger partial charge in [0.2, 0.25) is 5.88 Å². The molecule has 1 atom stereocenters. The fourth-order valence-electron chi connectivity index (χ4n) is 4.95. The minimum absolute atomic E-state index is 0. The molecule has 0 saturated carbocycles. The molecule has 0 aliphatic rings. The van der Waals surface area contributed by atoms with E-state index < -0.39 is 0 Å². The molecule has 0 N–H and O–H groups in total. The van der Waals surface area contributed by atoms with Crippen LogP contribution < -0.4 is 4.74 Å². The summed E-state index contributed by atoms with van der Waals surface area (Å²) in [6, 6.07) is 45.5. The number of benzene rings is 4. The van der Waals surface area contributed by atoms with Gasteiger partial charge in [0.25, 0.3) is 6.01 Å². The molecule has 0 aliphatic heterocycles. The number of aromatic nitrogens is 3. The van der Waals surface area contributed by atoms with Crippen LogP contribution in [0.3, 0.4) is 0 Å². The zero-order valence-corrected chi connectivity index (χ0v) is 24.5. The van der Waals surface area contributed by atoms with Gasteiger partial charge >= 0.3 is 21.1 Å². The van der Waals surface area contributed by atoms with Crippen LogP contribution in [-0.4, -0.2) is 14.5 Å². The van der Waals surface area contributed by atoms with Crippen LogP contribution in [0.2, 0.25) is 0 Å². The summed E-state index contributed by atoms with van der Waals surface area (Å²) >= 11 is 0. The second-order valence-electron chi connectivity index (χ2n) is 9.46. The van der Waals surface area contributed by atoms with Crippen molar-refractivity contribution in [3.8, 4) is 28.8 Å². The van der Waals surface area contributed by atoms with Crippen molar-refractivity contribution in [2.45, 2.75) is 19.8 Å². The quantitative estimate of drug-likeness (QED) is 0.158. The van der Waals surface area contributed by atoms with Crippen LogP contribution in [0, 0.1) is 26.0 Å². The van der Waals surface area contributed by atoms with Crippen LogP contribution in [0.1, 0.15) is 33.9 Å². The predicted octanol–water partition coefficient (Wildman–Crippen LogP) is 8.12. The molecule has 0 aliphatic carbocycles. The van der Waals surface area contributed by atoms with Crippen LogP contribution in [0.4, 0.5) is 0 Å². The minimum atomic E-state index is -0.0798. The van der Waals surface area contributed by atoms with E-state index in [-0.39, 0.29) is 27.0 Å². The van der Waals surface area contributed by atoms with Crippen LogP contribution >= 0.6 is 0 Å². The summed E-state index contributed by atoms with van der Waals surface area (Å²) in [6.07, 6.45) is 2.01. The number of hydrogen-bond donors (Lipinski definition) is 0. The maximum absolute atomic E-state index is 6.46. The van der Waals surface area contributed by atoms with E-state index >= 15 is 0 Å².